The summed E-state index contributed by atoms with van der Waals surface area (Å²) < 4.78 is 27.2. The van der Waals surface area contributed by atoms with E-state index >= 15 is 0 Å². The molecule has 3 aromatic rings. The summed E-state index contributed by atoms with van der Waals surface area (Å²) in [6.45, 7) is 3.14. The van der Waals surface area contributed by atoms with Crippen molar-refractivity contribution in [2.75, 3.05) is 22.4 Å². The van der Waals surface area contributed by atoms with E-state index in [2.05, 4.69) is 19.7 Å². The van der Waals surface area contributed by atoms with Crippen molar-refractivity contribution in [2.45, 2.75) is 26.3 Å². The molecule has 27 heavy (non-hydrogen) atoms. The van der Waals surface area contributed by atoms with Crippen LogP contribution in [-0.4, -0.2) is 35.8 Å². The van der Waals surface area contributed by atoms with E-state index in [0.717, 1.165) is 41.9 Å². The Bertz CT molecular complexity index is 1180. The summed E-state index contributed by atoms with van der Waals surface area (Å²) in [5.41, 5.74) is 3.04. The number of hydrogen-bond acceptors (Lipinski definition) is 7. The topological polar surface area (TPSA) is 96.7 Å². The molecule has 8 nitrogen and oxygen atoms in total. The summed E-state index contributed by atoms with van der Waals surface area (Å²) in [5.74, 6) is 0. The smallest absolute Gasteiger partial charge is 0.275 e. The average molecular weight is 406 g/mol. The van der Waals surface area contributed by atoms with Gasteiger partial charge in [0.1, 0.15) is 5.01 Å². The predicted octanol–water partition coefficient (Wildman–Crippen LogP) is 1.78. The molecule has 0 saturated heterocycles. The van der Waals surface area contributed by atoms with E-state index < -0.39 is 10.0 Å². The Hall–Kier alpha value is -2.46. The van der Waals surface area contributed by atoms with Gasteiger partial charge in [-0.2, -0.15) is 9.61 Å². The molecule has 1 N–H and O–H groups in total. The second-order valence-corrected chi connectivity index (χ2v) is 9.51. The lowest BCUT2D eigenvalue weighted by atomic mass is 10.00. The quantitative estimate of drug-likeness (QED) is 0.711. The molecular weight excluding hydrogens is 386 g/mol. The van der Waals surface area contributed by atoms with Gasteiger partial charge in [-0.1, -0.05) is 17.4 Å². The molecule has 0 spiro atoms. The van der Waals surface area contributed by atoms with Crippen molar-refractivity contribution in [3.05, 3.63) is 50.9 Å². The van der Waals surface area contributed by atoms with Crippen LogP contribution in [0, 0.1) is 6.92 Å². The zero-order valence-electron chi connectivity index (χ0n) is 15.0. The Morgan fingerprint density at radius 1 is 1.33 bits per heavy atom. The first-order valence-electron chi connectivity index (χ1n) is 8.51. The van der Waals surface area contributed by atoms with E-state index in [1.807, 2.05) is 19.1 Å². The van der Waals surface area contributed by atoms with E-state index in [1.165, 1.54) is 21.9 Å². The maximum atomic E-state index is 12.3. The fourth-order valence-corrected chi connectivity index (χ4v) is 4.75. The second kappa shape index (κ2) is 6.61. The highest BCUT2D eigenvalue weighted by atomic mass is 32.2. The average Bonchev–Trinajstić information content (AvgIpc) is 2.95. The first kappa shape index (κ1) is 17.9. The van der Waals surface area contributed by atoms with Gasteiger partial charge in [0, 0.05) is 18.3 Å². The van der Waals surface area contributed by atoms with Gasteiger partial charge in [-0.15, -0.1) is 0 Å². The highest BCUT2D eigenvalue weighted by Gasteiger charge is 2.21. The van der Waals surface area contributed by atoms with E-state index in [4.69, 9.17) is 0 Å². The summed E-state index contributed by atoms with van der Waals surface area (Å²) in [5, 5.41) is 4.95. The van der Waals surface area contributed by atoms with Crippen molar-refractivity contribution in [3.8, 4) is 0 Å². The summed E-state index contributed by atoms with van der Waals surface area (Å²) in [7, 11) is -3.35. The van der Waals surface area contributed by atoms with E-state index in [-0.39, 0.29) is 5.56 Å². The molecule has 1 aromatic carbocycles. The van der Waals surface area contributed by atoms with Crippen LogP contribution in [0.15, 0.2) is 29.1 Å². The first-order chi connectivity index (χ1) is 12.8. The Morgan fingerprint density at radius 3 is 2.93 bits per heavy atom. The third-order valence-electron chi connectivity index (χ3n) is 4.39. The van der Waals surface area contributed by atoms with Crippen LogP contribution in [0.4, 0.5) is 11.4 Å². The number of hydrogen-bond donors (Lipinski definition) is 1. The van der Waals surface area contributed by atoms with Crippen LogP contribution in [0.5, 0.6) is 0 Å². The Kier molecular flexibility index (Phi) is 4.39. The Balaban J connectivity index is 1.69. The van der Waals surface area contributed by atoms with Crippen LogP contribution in [-0.2, 0) is 23.0 Å². The summed E-state index contributed by atoms with van der Waals surface area (Å²) in [4.78, 5) is 19.6. The van der Waals surface area contributed by atoms with Gasteiger partial charge >= 0.3 is 0 Å². The van der Waals surface area contributed by atoms with Gasteiger partial charge in [-0.3, -0.25) is 9.52 Å². The lowest BCUT2D eigenvalue weighted by Crippen LogP contribution is -2.30. The number of nitrogens with one attached hydrogen (secondary N) is 1. The van der Waals surface area contributed by atoms with Crippen LogP contribution >= 0.6 is 11.3 Å². The molecule has 0 radical (unpaired) electrons. The van der Waals surface area contributed by atoms with Crippen molar-refractivity contribution in [1.29, 1.82) is 0 Å². The lowest BCUT2D eigenvalue weighted by Gasteiger charge is -2.32. The molecule has 10 heteroatoms. The van der Waals surface area contributed by atoms with Crippen LogP contribution in [0.1, 0.15) is 22.7 Å². The minimum Gasteiger partial charge on any atom is -0.365 e. The van der Waals surface area contributed by atoms with Gasteiger partial charge < -0.3 is 4.90 Å². The van der Waals surface area contributed by atoms with Crippen molar-refractivity contribution < 1.29 is 8.42 Å². The summed E-state index contributed by atoms with van der Waals surface area (Å²) >= 11 is 1.38. The number of rotatable bonds is 4. The molecule has 0 atom stereocenters. The van der Waals surface area contributed by atoms with Crippen LogP contribution in [0.2, 0.25) is 0 Å². The zero-order valence-corrected chi connectivity index (χ0v) is 16.6. The van der Waals surface area contributed by atoms with Gasteiger partial charge in [-0.25, -0.2) is 13.4 Å². The van der Waals surface area contributed by atoms with Crippen molar-refractivity contribution in [1.82, 2.24) is 14.6 Å². The van der Waals surface area contributed by atoms with Crippen LogP contribution < -0.4 is 15.2 Å². The van der Waals surface area contributed by atoms with Crippen molar-refractivity contribution in [3.63, 3.8) is 0 Å². The molecule has 0 saturated carbocycles. The number of fused-ring (bicyclic) bond motifs is 2. The maximum Gasteiger partial charge on any atom is 0.275 e. The lowest BCUT2D eigenvalue weighted by molar-refractivity contribution is 0.606. The number of aromatic nitrogens is 3. The molecule has 0 fully saturated rings. The highest BCUT2D eigenvalue weighted by Crippen LogP contribution is 2.34. The Labute approximate surface area is 160 Å². The van der Waals surface area contributed by atoms with Gasteiger partial charge in [0.05, 0.1) is 24.2 Å². The van der Waals surface area contributed by atoms with Crippen molar-refractivity contribution >= 4 is 37.7 Å². The molecule has 0 unspecified atom stereocenters. The van der Waals surface area contributed by atoms with Crippen LogP contribution in [0.25, 0.3) is 4.96 Å². The second-order valence-electron chi connectivity index (χ2n) is 6.60. The summed E-state index contributed by atoms with van der Waals surface area (Å²) in [6.07, 6.45) is 2.85. The third kappa shape index (κ3) is 3.67. The number of anilines is 2. The highest BCUT2D eigenvalue weighted by molar-refractivity contribution is 7.92. The minimum atomic E-state index is -3.35. The van der Waals surface area contributed by atoms with Crippen LogP contribution in [0.3, 0.4) is 0 Å². The Morgan fingerprint density at radius 2 is 2.15 bits per heavy atom. The first-order valence-corrected chi connectivity index (χ1v) is 11.2. The maximum absolute atomic E-state index is 12.3. The number of benzene rings is 1. The minimum absolute atomic E-state index is 0.191. The fourth-order valence-electron chi connectivity index (χ4n) is 3.39. The molecule has 142 valence electrons. The number of sulfonamides is 1. The molecule has 1 aliphatic heterocycles. The van der Waals surface area contributed by atoms with E-state index in [9.17, 15) is 13.2 Å². The molecule has 0 aliphatic carbocycles. The molecule has 0 amide bonds. The number of nitrogens with zero attached hydrogens (tertiary/aromatic N) is 4. The summed E-state index contributed by atoms with van der Waals surface area (Å²) in [6, 6.07) is 7.10. The van der Waals surface area contributed by atoms with Gasteiger partial charge in [-0.05, 0) is 37.5 Å². The van der Waals surface area contributed by atoms with Gasteiger partial charge in [0.25, 0.3) is 5.56 Å². The van der Waals surface area contributed by atoms with Crippen molar-refractivity contribution in [2.24, 2.45) is 0 Å². The molecule has 4 rings (SSSR count). The molecule has 0 bridgehead atoms. The standard InChI is InChI=1S/C17H19N5O3S2/c1-11-19-22-16(23)9-12(18-17(22)26-11)10-21-8-4-5-13-14(20-27(2,24)25)6-3-7-15(13)21/h3,6-7,9,20H,4-5,8,10H2,1-2H3. The van der Waals surface area contributed by atoms with E-state index in [1.54, 1.807) is 6.07 Å². The normalized spacial score (nSPS) is 14.4. The third-order valence-corrected chi connectivity index (χ3v) is 5.81. The SMILES string of the molecule is Cc1nn2c(=O)cc(CN3CCCc4c(NS(C)(=O)=O)cccc43)nc2s1. The van der Waals surface area contributed by atoms with Gasteiger partial charge in [0.15, 0.2) is 0 Å². The van der Waals surface area contributed by atoms with Gasteiger partial charge in [0.2, 0.25) is 15.0 Å². The molecule has 2 aromatic heterocycles. The number of aryl methyl sites for hydroxylation is 1. The molecule has 1 aliphatic rings. The van der Waals surface area contributed by atoms with E-state index in [0.29, 0.717) is 22.9 Å². The molecule has 3 heterocycles. The monoisotopic (exact) mass is 405 g/mol. The largest absolute Gasteiger partial charge is 0.365 e. The zero-order chi connectivity index (χ0) is 19.2. The fraction of sp³-hybridized carbons (Fsp3) is 0.353. The predicted molar refractivity (Wildman–Crippen MR) is 106 cm³/mol. The molecular formula is C17H19N5O3S2.